The molecule has 0 bridgehead atoms. The molecule has 2 N–H and O–H groups in total. The first-order valence-electron chi connectivity index (χ1n) is 9.13. The monoisotopic (exact) mass is 267 g/mol. The lowest BCUT2D eigenvalue weighted by atomic mass is 9.90. The highest BCUT2D eigenvalue weighted by atomic mass is 14.5. The normalized spacial score (nSPS) is 22.6. The summed E-state index contributed by atoms with van der Waals surface area (Å²) in [6.45, 7) is 0.885. The van der Waals surface area contributed by atoms with E-state index in [1.54, 1.807) is 0 Å². The molecule has 0 radical (unpaired) electrons. The fourth-order valence-electron chi connectivity index (χ4n) is 3.47. The van der Waals surface area contributed by atoms with Crippen molar-refractivity contribution < 1.29 is 0 Å². The van der Waals surface area contributed by atoms with Gasteiger partial charge in [-0.3, -0.25) is 0 Å². The lowest BCUT2D eigenvalue weighted by Crippen LogP contribution is -2.06. The van der Waals surface area contributed by atoms with Crippen molar-refractivity contribution in [1.82, 2.24) is 0 Å². The average Bonchev–Trinajstić information content (AvgIpc) is 2.44. The maximum atomic E-state index is 5.67. The Bertz CT molecular complexity index is 163. The van der Waals surface area contributed by atoms with Crippen LogP contribution in [0.5, 0.6) is 0 Å². The summed E-state index contributed by atoms with van der Waals surface area (Å²) in [6.07, 6.45) is 23.3. The molecular weight excluding hydrogens is 230 g/mol. The van der Waals surface area contributed by atoms with Gasteiger partial charge in [0.15, 0.2) is 0 Å². The quantitative estimate of drug-likeness (QED) is 0.685. The Balaban J connectivity index is 2.21. The maximum Gasteiger partial charge on any atom is -0.00772 e. The molecule has 1 rings (SSSR count). The van der Waals surface area contributed by atoms with Crippen LogP contribution in [0.25, 0.3) is 0 Å². The SMILES string of the molecule is NCCCC1CCCCCCCCCCCCCC1. The molecule has 0 unspecified atom stereocenters. The minimum Gasteiger partial charge on any atom is -0.330 e. The van der Waals surface area contributed by atoms with E-state index >= 15 is 0 Å². The van der Waals surface area contributed by atoms with Crippen molar-refractivity contribution in [2.24, 2.45) is 11.7 Å². The van der Waals surface area contributed by atoms with Crippen LogP contribution in [-0.2, 0) is 0 Å². The van der Waals surface area contributed by atoms with Crippen molar-refractivity contribution in [1.29, 1.82) is 0 Å². The van der Waals surface area contributed by atoms with Gasteiger partial charge in [-0.25, -0.2) is 0 Å². The summed E-state index contributed by atoms with van der Waals surface area (Å²) in [5.74, 6) is 0.980. The summed E-state index contributed by atoms with van der Waals surface area (Å²) < 4.78 is 0. The van der Waals surface area contributed by atoms with E-state index in [1.165, 1.54) is 103 Å². The second kappa shape index (κ2) is 13.0. The Morgan fingerprint density at radius 2 is 0.947 bits per heavy atom. The zero-order chi connectivity index (χ0) is 13.6. The van der Waals surface area contributed by atoms with E-state index in [-0.39, 0.29) is 0 Å². The zero-order valence-electron chi connectivity index (χ0n) is 13.2. The molecule has 0 aromatic rings. The van der Waals surface area contributed by atoms with Gasteiger partial charge in [-0.05, 0) is 25.3 Å². The van der Waals surface area contributed by atoms with Gasteiger partial charge in [0.1, 0.15) is 0 Å². The van der Waals surface area contributed by atoms with Gasteiger partial charge < -0.3 is 5.73 Å². The summed E-state index contributed by atoms with van der Waals surface area (Å²) in [7, 11) is 0. The minimum absolute atomic E-state index is 0.885. The smallest absolute Gasteiger partial charge is 0.00772 e. The molecule has 1 heteroatoms. The van der Waals surface area contributed by atoms with Crippen molar-refractivity contribution in [3.05, 3.63) is 0 Å². The predicted molar refractivity (Wildman–Crippen MR) is 86.4 cm³/mol. The largest absolute Gasteiger partial charge is 0.330 e. The van der Waals surface area contributed by atoms with E-state index in [4.69, 9.17) is 5.73 Å². The van der Waals surface area contributed by atoms with Gasteiger partial charge in [0.05, 0.1) is 0 Å². The van der Waals surface area contributed by atoms with Crippen molar-refractivity contribution >= 4 is 0 Å². The second-order valence-electron chi connectivity index (χ2n) is 6.62. The second-order valence-corrected chi connectivity index (χ2v) is 6.62. The van der Waals surface area contributed by atoms with Crippen molar-refractivity contribution in [2.45, 2.75) is 103 Å². The highest BCUT2D eigenvalue weighted by Gasteiger charge is 2.08. The highest BCUT2D eigenvalue weighted by molar-refractivity contribution is 4.62. The van der Waals surface area contributed by atoms with E-state index in [0.717, 1.165) is 12.5 Å². The molecule has 1 nitrogen and oxygen atoms in total. The van der Waals surface area contributed by atoms with Crippen LogP contribution >= 0.6 is 0 Å². The van der Waals surface area contributed by atoms with Gasteiger partial charge in [-0.1, -0.05) is 89.9 Å². The first kappa shape index (κ1) is 17.0. The minimum atomic E-state index is 0.885. The molecule has 0 spiro atoms. The fourth-order valence-corrected chi connectivity index (χ4v) is 3.47. The van der Waals surface area contributed by atoms with Crippen molar-refractivity contribution in [3.63, 3.8) is 0 Å². The van der Waals surface area contributed by atoms with Crippen LogP contribution in [0.15, 0.2) is 0 Å². The van der Waals surface area contributed by atoms with Crippen molar-refractivity contribution in [2.75, 3.05) is 6.54 Å². The van der Waals surface area contributed by atoms with Gasteiger partial charge in [-0.2, -0.15) is 0 Å². The van der Waals surface area contributed by atoms with Crippen LogP contribution in [0.3, 0.4) is 0 Å². The topological polar surface area (TPSA) is 26.0 Å². The highest BCUT2D eigenvalue weighted by Crippen LogP contribution is 2.23. The summed E-state index contributed by atoms with van der Waals surface area (Å²) >= 11 is 0. The third-order valence-corrected chi connectivity index (χ3v) is 4.79. The predicted octanol–water partition coefficient (Wildman–Crippen LogP) is 5.82. The number of hydrogen-bond acceptors (Lipinski definition) is 1. The maximum absolute atomic E-state index is 5.67. The van der Waals surface area contributed by atoms with E-state index in [1.807, 2.05) is 0 Å². The Kier molecular flexibility index (Phi) is 11.6. The van der Waals surface area contributed by atoms with Gasteiger partial charge >= 0.3 is 0 Å². The molecule has 0 atom stereocenters. The molecule has 0 aromatic carbocycles. The van der Waals surface area contributed by atoms with Crippen LogP contribution in [0.1, 0.15) is 103 Å². The Labute approximate surface area is 121 Å². The van der Waals surface area contributed by atoms with Crippen LogP contribution in [0.2, 0.25) is 0 Å². The number of hydrogen-bond donors (Lipinski definition) is 1. The summed E-state index contributed by atoms with van der Waals surface area (Å²) in [5, 5.41) is 0. The number of nitrogens with two attached hydrogens (primary N) is 1. The third kappa shape index (κ3) is 10.4. The van der Waals surface area contributed by atoms with Crippen LogP contribution < -0.4 is 5.73 Å². The Morgan fingerprint density at radius 3 is 1.32 bits per heavy atom. The van der Waals surface area contributed by atoms with Crippen LogP contribution in [0.4, 0.5) is 0 Å². The lowest BCUT2D eigenvalue weighted by Gasteiger charge is -2.16. The Hall–Kier alpha value is -0.0400. The molecule has 1 fully saturated rings. The molecule has 1 aliphatic carbocycles. The molecule has 1 aliphatic rings. The molecule has 19 heavy (non-hydrogen) atoms. The standard InChI is InChI=1S/C18H37N/c19-17-13-16-18-14-11-9-7-5-3-1-2-4-6-8-10-12-15-18/h18H,1-17,19H2. The van der Waals surface area contributed by atoms with Crippen LogP contribution in [0, 0.1) is 5.92 Å². The molecule has 114 valence electrons. The average molecular weight is 268 g/mol. The lowest BCUT2D eigenvalue weighted by molar-refractivity contribution is 0.375. The third-order valence-electron chi connectivity index (χ3n) is 4.79. The fraction of sp³-hybridized carbons (Fsp3) is 1.00. The summed E-state index contributed by atoms with van der Waals surface area (Å²) in [5.41, 5.74) is 5.67. The summed E-state index contributed by atoms with van der Waals surface area (Å²) in [4.78, 5) is 0. The molecule has 1 saturated carbocycles. The van der Waals surface area contributed by atoms with Gasteiger partial charge in [-0.15, -0.1) is 0 Å². The molecular formula is C18H37N. The molecule has 0 amide bonds. The first-order valence-corrected chi connectivity index (χ1v) is 9.13. The molecule has 0 aliphatic heterocycles. The van der Waals surface area contributed by atoms with Gasteiger partial charge in [0.25, 0.3) is 0 Å². The molecule has 0 aromatic heterocycles. The van der Waals surface area contributed by atoms with Crippen LogP contribution in [-0.4, -0.2) is 6.54 Å². The van der Waals surface area contributed by atoms with E-state index < -0.39 is 0 Å². The first-order chi connectivity index (χ1) is 9.43. The zero-order valence-corrected chi connectivity index (χ0v) is 13.2. The number of rotatable bonds is 3. The summed E-state index contributed by atoms with van der Waals surface area (Å²) in [6, 6.07) is 0. The molecule has 0 heterocycles. The van der Waals surface area contributed by atoms with E-state index in [0.29, 0.717) is 0 Å². The Morgan fingerprint density at radius 1 is 0.579 bits per heavy atom. The van der Waals surface area contributed by atoms with Gasteiger partial charge in [0.2, 0.25) is 0 Å². The van der Waals surface area contributed by atoms with E-state index in [2.05, 4.69) is 0 Å². The van der Waals surface area contributed by atoms with E-state index in [9.17, 15) is 0 Å². The molecule has 0 saturated heterocycles. The van der Waals surface area contributed by atoms with Gasteiger partial charge in [0, 0.05) is 0 Å². The van der Waals surface area contributed by atoms with Crippen molar-refractivity contribution in [3.8, 4) is 0 Å².